The molecule has 0 saturated carbocycles. The van der Waals surface area contributed by atoms with Gasteiger partial charge in [0.1, 0.15) is 0 Å². The molecule has 6 heterocycles. The van der Waals surface area contributed by atoms with Gasteiger partial charge in [-0.05, 0) is 313 Å². The fourth-order valence-electron chi connectivity index (χ4n) is 22.5. The van der Waals surface area contributed by atoms with E-state index < -0.39 is 0 Å². The molecule has 0 atom stereocenters. The van der Waals surface area contributed by atoms with Gasteiger partial charge in [-0.2, -0.15) is 0 Å². The van der Waals surface area contributed by atoms with E-state index in [1.165, 1.54) is 196 Å². The van der Waals surface area contributed by atoms with Crippen LogP contribution in [0.1, 0.15) is 22.3 Å². The zero-order valence-electron chi connectivity index (χ0n) is 78.4. The van der Waals surface area contributed by atoms with Crippen LogP contribution in [0.5, 0.6) is 0 Å². The van der Waals surface area contributed by atoms with E-state index in [1.54, 1.807) is 0 Å². The Hall–Kier alpha value is -17.6. The minimum atomic E-state index is 0.0411. The molecule has 6 aliphatic rings. The third-order valence-corrected chi connectivity index (χ3v) is 29.0. The monoisotopic (exact) mass is 1790 g/mol. The van der Waals surface area contributed by atoms with Crippen molar-refractivity contribution in [2.75, 3.05) is 34.3 Å². The molecule has 0 unspecified atom stereocenters. The summed E-state index contributed by atoms with van der Waals surface area (Å²) in [5.74, 6) is 0. The van der Waals surface area contributed by atoms with Crippen LogP contribution in [0.3, 0.4) is 0 Å². The predicted octanol–water partition coefficient (Wildman–Crippen LogP) is 28.7. The lowest BCUT2D eigenvalue weighted by Crippen LogP contribution is -2.61. The maximum Gasteiger partial charge on any atom is 0.252 e. The molecule has 0 saturated heterocycles. The summed E-state index contributed by atoms with van der Waals surface area (Å²) >= 11 is 0. The lowest BCUT2D eigenvalue weighted by atomic mass is 9.33. The molecular weight excluding hydrogens is 1690 g/mol. The first-order chi connectivity index (χ1) is 69.2. The van der Waals surface area contributed by atoms with Crippen molar-refractivity contribution in [1.82, 2.24) is 0 Å². The van der Waals surface area contributed by atoms with E-state index in [9.17, 15) is 0 Å². The van der Waals surface area contributed by atoms with Crippen molar-refractivity contribution in [1.29, 1.82) is 0 Å². The van der Waals surface area contributed by atoms with Gasteiger partial charge in [0.2, 0.25) is 0 Å². The number of hydrogen-bond acceptors (Lipinski definition) is 7. The average molecular weight is 1790 g/mol. The fourth-order valence-corrected chi connectivity index (χ4v) is 22.5. The van der Waals surface area contributed by atoms with Gasteiger partial charge in [-0.1, -0.05) is 340 Å². The summed E-state index contributed by atoms with van der Waals surface area (Å²) < 4.78 is 0. The van der Waals surface area contributed by atoms with E-state index in [4.69, 9.17) is 0 Å². The van der Waals surface area contributed by atoms with Gasteiger partial charge in [0.25, 0.3) is 20.1 Å². The molecule has 0 radical (unpaired) electrons. The molecule has 6 aliphatic heterocycles. The Morgan fingerprint density at radius 1 is 0.143 bits per heavy atom. The van der Waals surface area contributed by atoms with Gasteiger partial charge in [0.15, 0.2) is 0 Å². The van der Waals surface area contributed by atoms with Crippen molar-refractivity contribution in [3.8, 4) is 44.5 Å². The summed E-state index contributed by atoms with van der Waals surface area (Å²) in [5.41, 5.74) is 51.8. The Labute approximate surface area is 821 Å². The van der Waals surface area contributed by atoms with Crippen molar-refractivity contribution in [2.45, 2.75) is 27.7 Å². The number of rotatable bonds is 13. The Morgan fingerprint density at radius 2 is 0.350 bits per heavy atom. The summed E-state index contributed by atoms with van der Waals surface area (Å²) in [7, 11) is 0. The molecule has 0 aromatic heterocycles. The molecule has 10 heteroatoms. The Kier molecular flexibility index (Phi) is 21.4. The molecule has 27 rings (SSSR count). The van der Waals surface area contributed by atoms with Crippen LogP contribution in [0.25, 0.3) is 44.5 Å². The van der Waals surface area contributed by atoms with Crippen LogP contribution in [-0.2, 0) is 0 Å². The molecule has 660 valence electrons. The van der Waals surface area contributed by atoms with E-state index in [2.05, 4.69) is 572 Å². The molecule has 0 amide bonds. The van der Waals surface area contributed by atoms with Crippen LogP contribution in [-0.4, -0.2) is 20.1 Å². The quantitative estimate of drug-likeness (QED) is 0.106. The number of hydrogen-bond donors (Lipinski definition) is 0. The minimum Gasteiger partial charge on any atom is -0.311 e. The molecule has 0 spiro atoms. The van der Waals surface area contributed by atoms with Gasteiger partial charge < -0.3 is 34.3 Å². The first-order valence-electron chi connectivity index (χ1n) is 48.6. The maximum absolute atomic E-state index is 2.50. The van der Waals surface area contributed by atoms with Crippen molar-refractivity contribution in [2.24, 2.45) is 0 Å². The highest BCUT2D eigenvalue weighted by atomic mass is 15.2. The zero-order valence-corrected chi connectivity index (χ0v) is 78.4. The molecule has 0 fully saturated rings. The van der Waals surface area contributed by atoms with Crippen LogP contribution in [0, 0.1) is 27.7 Å². The Bertz CT molecular complexity index is 7810. The van der Waals surface area contributed by atoms with Crippen molar-refractivity contribution >= 4 is 189 Å². The number of aryl methyl sites for hydroxylation is 4. The fraction of sp³-hybridized carbons (Fsp3) is 0.0308. The second-order valence-corrected chi connectivity index (χ2v) is 37.2. The van der Waals surface area contributed by atoms with Crippen LogP contribution in [0.4, 0.5) is 119 Å². The van der Waals surface area contributed by atoms with E-state index >= 15 is 0 Å². The number of fused-ring (bicyclic) bond motifs is 12. The predicted molar refractivity (Wildman–Crippen MR) is 597 cm³/mol. The van der Waals surface area contributed by atoms with E-state index in [0.29, 0.717) is 0 Å². The number of anilines is 21. The number of para-hydroxylation sites is 10. The van der Waals surface area contributed by atoms with E-state index in [-0.39, 0.29) is 20.1 Å². The Balaban J connectivity index is 0.000000112. The lowest BCUT2D eigenvalue weighted by molar-refractivity contribution is 1.21. The van der Waals surface area contributed by atoms with Gasteiger partial charge in [-0.15, -0.1) is 0 Å². The summed E-state index contributed by atoms with van der Waals surface area (Å²) in [6.07, 6.45) is 0. The SMILES string of the molecule is Cc1cc2c(cc1C)N(c1ccccc1)c1cc(N(c3ccccc3)c3ccccc3)cc3c1B2c1cc(C)c(C)cc1N3c1ccccc1.c1ccc(-c2cc3c4c(c2)N(c2ccccc2)c2ccccc2B4c2ccccc2N3c2ccccc2)cc1.c1ccc(-c2ccc3c(c2)N(c2ccccc2)c2cc(-c4ccccc4)cc4c2B3c2ccc(-c3ccccc3)cc2N4c2ccccc2)cc1. The highest BCUT2D eigenvalue weighted by Crippen LogP contribution is 2.53. The second-order valence-electron chi connectivity index (χ2n) is 37.2. The van der Waals surface area contributed by atoms with Crippen molar-refractivity contribution in [3.63, 3.8) is 0 Å². The molecule has 0 N–H and O–H groups in total. The standard InChI is InChI=1S/C48H33BN2.C46H38BN3.C36H25BN2/c1-6-16-34(17-7-1)37-26-28-42-44(30-37)50(40-22-12-4-13-23-40)46-32-39(36-20-10-3-11-21-36)33-47-48(46)49(42)43-29-27-38(35-18-8-2-9-19-35)31-45(43)51(47)41-24-14-5-15-25-41;1-31-25-40-42(27-33(31)3)49(37-21-13-7-14-22-37)44-29-39(48(35-17-9-5-10-18-35)36-19-11-6-12-20-36)30-45-46(44)47(40)41-26-32(2)34(4)28-43(41)50(45)38-23-15-8-16-24-38;1-4-14-26(15-5-1)27-24-34-36-35(25-27)39(29-18-8-3-9-19-29)33-23-13-11-21-31(33)37(36)30-20-10-12-22-32(30)38(34)28-16-6-2-7-17-28/h1-33H;5-30H,1-4H3;1-25H. The van der Waals surface area contributed by atoms with Crippen LogP contribution in [0.2, 0.25) is 0 Å². The first-order valence-corrected chi connectivity index (χ1v) is 48.6. The van der Waals surface area contributed by atoms with Crippen LogP contribution < -0.4 is 83.5 Å². The molecule has 0 aliphatic carbocycles. The third-order valence-electron chi connectivity index (χ3n) is 29.0. The molecule has 21 aromatic rings. The van der Waals surface area contributed by atoms with E-state index in [1.807, 2.05) is 0 Å². The van der Waals surface area contributed by atoms with Crippen LogP contribution in [0.15, 0.2) is 510 Å². The van der Waals surface area contributed by atoms with Crippen molar-refractivity contribution < 1.29 is 0 Å². The Morgan fingerprint density at radius 3 is 0.643 bits per heavy atom. The van der Waals surface area contributed by atoms with Gasteiger partial charge >= 0.3 is 0 Å². The normalized spacial score (nSPS) is 12.7. The highest BCUT2D eigenvalue weighted by Gasteiger charge is 2.48. The van der Waals surface area contributed by atoms with Gasteiger partial charge in [-0.25, -0.2) is 0 Å². The zero-order chi connectivity index (χ0) is 93.4. The van der Waals surface area contributed by atoms with Gasteiger partial charge in [0, 0.05) is 114 Å². The molecule has 21 aromatic carbocycles. The lowest BCUT2D eigenvalue weighted by Gasteiger charge is -2.45. The highest BCUT2D eigenvalue weighted by molar-refractivity contribution is 7.02. The molecule has 7 nitrogen and oxygen atoms in total. The number of nitrogens with zero attached hydrogens (tertiary/aromatic N) is 7. The third kappa shape index (κ3) is 14.6. The topological polar surface area (TPSA) is 22.7 Å². The average Bonchev–Trinajstić information content (AvgIpc) is 0.703. The maximum atomic E-state index is 2.50. The number of benzene rings is 21. The van der Waals surface area contributed by atoms with Crippen molar-refractivity contribution in [3.05, 3.63) is 532 Å². The second kappa shape index (κ2) is 35.6. The summed E-state index contributed by atoms with van der Waals surface area (Å²) in [4.78, 5) is 17.3. The summed E-state index contributed by atoms with van der Waals surface area (Å²) in [6, 6.07) is 186. The smallest absolute Gasteiger partial charge is 0.252 e. The van der Waals surface area contributed by atoms with Gasteiger partial charge in [0.05, 0.1) is 5.69 Å². The summed E-state index contributed by atoms with van der Waals surface area (Å²) in [5, 5.41) is 0. The summed E-state index contributed by atoms with van der Waals surface area (Å²) in [6.45, 7) is 9.23. The largest absolute Gasteiger partial charge is 0.311 e. The molecule has 140 heavy (non-hydrogen) atoms. The van der Waals surface area contributed by atoms with E-state index in [0.717, 1.165) is 39.8 Å². The van der Waals surface area contributed by atoms with Gasteiger partial charge in [-0.3, -0.25) is 0 Å². The first kappa shape index (κ1) is 84.2. The minimum absolute atomic E-state index is 0.0411. The molecular formula is C130H96B3N7. The van der Waals surface area contributed by atoms with Crippen LogP contribution >= 0.6 is 0 Å². The molecule has 0 bridgehead atoms.